The standard InChI is InChI=1S/C13H21NO2/c1-9(2)6-5-7-14-12(15)8-11(10(3)4)13(14)16/h8-10H,5-7H2,1-4H3. The van der Waals surface area contributed by atoms with Crippen molar-refractivity contribution in [3.8, 4) is 0 Å². The SMILES string of the molecule is CC(C)CCCN1C(=O)C=C(C(C)C)C1=O. The van der Waals surface area contributed by atoms with Gasteiger partial charge in [0.25, 0.3) is 11.8 Å². The lowest BCUT2D eigenvalue weighted by Gasteiger charge is -2.16. The van der Waals surface area contributed by atoms with Crippen LogP contribution in [0.4, 0.5) is 0 Å². The van der Waals surface area contributed by atoms with E-state index in [4.69, 9.17) is 0 Å². The van der Waals surface area contributed by atoms with E-state index < -0.39 is 0 Å². The molecule has 0 saturated carbocycles. The van der Waals surface area contributed by atoms with Crippen LogP contribution >= 0.6 is 0 Å². The molecule has 0 aliphatic carbocycles. The minimum atomic E-state index is -0.141. The van der Waals surface area contributed by atoms with Crippen LogP contribution < -0.4 is 0 Å². The summed E-state index contributed by atoms with van der Waals surface area (Å²) in [6.45, 7) is 8.72. The number of imide groups is 1. The maximum absolute atomic E-state index is 11.9. The summed E-state index contributed by atoms with van der Waals surface area (Å²) >= 11 is 0. The molecule has 0 bridgehead atoms. The zero-order valence-corrected chi connectivity index (χ0v) is 10.6. The fourth-order valence-corrected chi connectivity index (χ4v) is 1.81. The molecule has 0 aromatic heterocycles. The highest BCUT2D eigenvalue weighted by Crippen LogP contribution is 2.20. The first-order chi connectivity index (χ1) is 7.43. The smallest absolute Gasteiger partial charge is 0.257 e. The van der Waals surface area contributed by atoms with Gasteiger partial charge in [-0.15, -0.1) is 0 Å². The Morgan fingerprint density at radius 1 is 1.19 bits per heavy atom. The van der Waals surface area contributed by atoms with E-state index in [0.717, 1.165) is 12.8 Å². The molecule has 0 atom stereocenters. The summed E-state index contributed by atoms with van der Waals surface area (Å²) in [6, 6.07) is 0. The number of amides is 2. The molecular weight excluding hydrogens is 202 g/mol. The molecule has 1 aliphatic rings. The minimum Gasteiger partial charge on any atom is -0.275 e. The molecule has 1 heterocycles. The molecule has 0 radical (unpaired) electrons. The number of hydrogen-bond donors (Lipinski definition) is 0. The quantitative estimate of drug-likeness (QED) is 0.671. The van der Waals surface area contributed by atoms with Crippen molar-refractivity contribution < 1.29 is 9.59 Å². The average Bonchev–Trinajstić information content (AvgIpc) is 2.44. The zero-order chi connectivity index (χ0) is 12.3. The summed E-state index contributed by atoms with van der Waals surface area (Å²) in [6.07, 6.45) is 3.44. The lowest BCUT2D eigenvalue weighted by Crippen LogP contribution is -2.32. The van der Waals surface area contributed by atoms with Crippen LogP contribution in [0.25, 0.3) is 0 Å². The number of nitrogens with zero attached hydrogens (tertiary/aromatic N) is 1. The van der Waals surface area contributed by atoms with Crippen molar-refractivity contribution >= 4 is 11.8 Å². The van der Waals surface area contributed by atoms with Crippen molar-refractivity contribution in [2.24, 2.45) is 11.8 Å². The summed E-state index contributed by atoms with van der Waals surface area (Å²) < 4.78 is 0. The maximum atomic E-state index is 11.9. The van der Waals surface area contributed by atoms with Crippen LogP contribution in [-0.4, -0.2) is 23.3 Å². The van der Waals surface area contributed by atoms with E-state index in [1.165, 1.54) is 11.0 Å². The van der Waals surface area contributed by atoms with Crippen molar-refractivity contribution in [3.63, 3.8) is 0 Å². The van der Waals surface area contributed by atoms with Gasteiger partial charge in [-0.2, -0.15) is 0 Å². The molecule has 0 spiro atoms. The van der Waals surface area contributed by atoms with Crippen LogP contribution in [0.2, 0.25) is 0 Å². The van der Waals surface area contributed by atoms with Gasteiger partial charge in [0.1, 0.15) is 0 Å². The number of rotatable bonds is 5. The summed E-state index contributed by atoms with van der Waals surface area (Å²) in [5, 5.41) is 0. The number of carbonyl (C=O) groups is 2. The van der Waals surface area contributed by atoms with Crippen LogP contribution in [0.5, 0.6) is 0 Å². The van der Waals surface area contributed by atoms with Crippen molar-refractivity contribution in [2.45, 2.75) is 40.5 Å². The van der Waals surface area contributed by atoms with Gasteiger partial charge in [0.05, 0.1) is 0 Å². The Balaban J connectivity index is 2.53. The third kappa shape index (κ3) is 2.94. The Labute approximate surface area is 97.5 Å². The molecule has 1 rings (SSSR count). The maximum Gasteiger partial charge on any atom is 0.257 e. The van der Waals surface area contributed by atoms with Crippen molar-refractivity contribution in [1.82, 2.24) is 4.90 Å². The summed E-state index contributed by atoms with van der Waals surface area (Å²) in [5.74, 6) is 0.512. The van der Waals surface area contributed by atoms with Crippen LogP contribution in [0.15, 0.2) is 11.6 Å². The van der Waals surface area contributed by atoms with E-state index in [0.29, 0.717) is 18.0 Å². The zero-order valence-electron chi connectivity index (χ0n) is 10.6. The van der Waals surface area contributed by atoms with Crippen molar-refractivity contribution in [2.75, 3.05) is 6.54 Å². The summed E-state index contributed by atoms with van der Waals surface area (Å²) in [4.78, 5) is 24.8. The Morgan fingerprint density at radius 3 is 2.25 bits per heavy atom. The number of hydrogen-bond acceptors (Lipinski definition) is 2. The molecule has 16 heavy (non-hydrogen) atoms. The average molecular weight is 223 g/mol. The lowest BCUT2D eigenvalue weighted by atomic mass is 10.0. The highest BCUT2D eigenvalue weighted by Gasteiger charge is 2.31. The molecule has 1 aliphatic heterocycles. The Kier molecular flexibility index (Phi) is 4.27. The van der Waals surface area contributed by atoms with Gasteiger partial charge < -0.3 is 0 Å². The predicted molar refractivity (Wildman–Crippen MR) is 63.7 cm³/mol. The predicted octanol–water partition coefficient (Wildman–Crippen LogP) is 2.37. The summed E-state index contributed by atoms with van der Waals surface area (Å²) in [7, 11) is 0. The molecule has 0 fully saturated rings. The molecule has 2 amide bonds. The number of carbonyl (C=O) groups excluding carboxylic acids is 2. The molecule has 3 heteroatoms. The fourth-order valence-electron chi connectivity index (χ4n) is 1.81. The van der Waals surface area contributed by atoms with E-state index in [2.05, 4.69) is 13.8 Å². The first-order valence-electron chi connectivity index (χ1n) is 6.01. The van der Waals surface area contributed by atoms with Crippen LogP contribution in [0.1, 0.15) is 40.5 Å². The highest BCUT2D eigenvalue weighted by atomic mass is 16.2. The second-order valence-corrected chi connectivity index (χ2v) is 5.09. The first-order valence-corrected chi connectivity index (χ1v) is 6.01. The van der Waals surface area contributed by atoms with Gasteiger partial charge in [0.15, 0.2) is 0 Å². The Bertz CT molecular complexity index is 316. The van der Waals surface area contributed by atoms with Gasteiger partial charge in [0.2, 0.25) is 0 Å². The van der Waals surface area contributed by atoms with E-state index in [-0.39, 0.29) is 17.7 Å². The third-order valence-corrected chi connectivity index (χ3v) is 2.82. The molecule has 0 aromatic rings. The van der Waals surface area contributed by atoms with Gasteiger partial charge in [-0.05, 0) is 24.7 Å². The molecule has 0 aromatic carbocycles. The van der Waals surface area contributed by atoms with E-state index in [9.17, 15) is 9.59 Å². The van der Waals surface area contributed by atoms with Crippen LogP contribution in [-0.2, 0) is 9.59 Å². The van der Waals surface area contributed by atoms with Crippen LogP contribution in [0.3, 0.4) is 0 Å². The van der Waals surface area contributed by atoms with Gasteiger partial charge in [0, 0.05) is 18.2 Å². The van der Waals surface area contributed by atoms with E-state index >= 15 is 0 Å². The molecule has 0 saturated heterocycles. The van der Waals surface area contributed by atoms with Gasteiger partial charge in [-0.25, -0.2) is 0 Å². The fraction of sp³-hybridized carbons (Fsp3) is 0.692. The Hall–Kier alpha value is -1.12. The highest BCUT2D eigenvalue weighted by molar-refractivity contribution is 6.16. The monoisotopic (exact) mass is 223 g/mol. The minimum absolute atomic E-state index is 0.0937. The second kappa shape index (κ2) is 5.28. The van der Waals surface area contributed by atoms with Gasteiger partial charge in [-0.3, -0.25) is 14.5 Å². The second-order valence-electron chi connectivity index (χ2n) is 5.09. The molecule has 0 N–H and O–H groups in total. The molecule has 0 unspecified atom stereocenters. The normalized spacial score (nSPS) is 16.6. The first kappa shape index (κ1) is 12.9. The van der Waals surface area contributed by atoms with E-state index in [1.807, 2.05) is 13.8 Å². The van der Waals surface area contributed by atoms with Crippen molar-refractivity contribution in [1.29, 1.82) is 0 Å². The van der Waals surface area contributed by atoms with Crippen molar-refractivity contribution in [3.05, 3.63) is 11.6 Å². The largest absolute Gasteiger partial charge is 0.275 e. The van der Waals surface area contributed by atoms with Gasteiger partial charge in [-0.1, -0.05) is 27.7 Å². The lowest BCUT2D eigenvalue weighted by molar-refractivity contribution is -0.137. The topological polar surface area (TPSA) is 37.4 Å². The van der Waals surface area contributed by atoms with Gasteiger partial charge >= 0.3 is 0 Å². The molecule has 90 valence electrons. The molecule has 3 nitrogen and oxygen atoms in total. The summed E-state index contributed by atoms with van der Waals surface area (Å²) in [5.41, 5.74) is 0.648. The third-order valence-electron chi connectivity index (χ3n) is 2.82. The van der Waals surface area contributed by atoms with E-state index in [1.54, 1.807) is 0 Å². The Morgan fingerprint density at radius 2 is 1.81 bits per heavy atom. The van der Waals surface area contributed by atoms with Crippen LogP contribution in [0, 0.1) is 11.8 Å². The molecular formula is C13H21NO2.